The van der Waals surface area contributed by atoms with Crippen LogP contribution in [0.1, 0.15) is 20.3 Å². The number of carboxylic acids is 2. The standard InChI is InChI=1S/C6H13NO2.C6H12O7/c1-4(2)3-5(7)6(8)9;7-1-2(8)3(9)4(10)5(11)6(12)13/h4-5H,3,7H2,1-2H3,(H,8,9);2-5,7-11H,1H2,(H,12,13)/t5-;2-,3-,4+,5-/m01/s1. The second-order valence-corrected chi connectivity index (χ2v) is 5.09. The van der Waals surface area contributed by atoms with Crippen LogP contribution in [0, 0.1) is 5.92 Å². The van der Waals surface area contributed by atoms with E-state index in [9.17, 15) is 9.59 Å². The first-order valence-electron chi connectivity index (χ1n) is 6.49. The summed E-state index contributed by atoms with van der Waals surface area (Å²) in [6, 6.07) is -0.690. The number of aliphatic hydroxyl groups excluding tert-OH is 5. The highest BCUT2D eigenvalue weighted by Gasteiger charge is 2.33. The van der Waals surface area contributed by atoms with Crippen LogP contribution in [0.15, 0.2) is 0 Å². The van der Waals surface area contributed by atoms with Crippen LogP contribution in [-0.2, 0) is 9.59 Å². The molecule has 0 fully saturated rings. The molecule has 0 bridgehead atoms. The topological polar surface area (TPSA) is 202 Å². The number of nitrogens with two attached hydrogens (primary N) is 1. The Kier molecular flexibility index (Phi) is 11.8. The summed E-state index contributed by atoms with van der Waals surface area (Å²) in [6.07, 6.45) is -7.29. The maximum absolute atomic E-state index is 10.1. The van der Waals surface area contributed by atoms with E-state index in [0.29, 0.717) is 12.3 Å². The van der Waals surface area contributed by atoms with Gasteiger partial charge in [0.2, 0.25) is 0 Å². The molecule has 0 aromatic rings. The van der Waals surface area contributed by atoms with Crippen LogP contribution in [0.2, 0.25) is 0 Å². The van der Waals surface area contributed by atoms with Gasteiger partial charge in [0.15, 0.2) is 6.10 Å². The molecule has 0 radical (unpaired) electrons. The lowest BCUT2D eigenvalue weighted by Gasteiger charge is -2.23. The van der Waals surface area contributed by atoms with Crippen LogP contribution in [-0.4, -0.2) is 84.7 Å². The Hall–Kier alpha value is -1.30. The molecular weight excluding hydrogens is 302 g/mol. The fourth-order valence-corrected chi connectivity index (χ4v) is 1.28. The normalized spacial score (nSPS) is 17.7. The van der Waals surface area contributed by atoms with Gasteiger partial charge in [-0.2, -0.15) is 0 Å². The van der Waals surface area contributed by atoms with Crippen molar-refractivity contribution in [2.75, 3.05) is 6.61 Å². The summed E-state index contributed by atoms with van der Waals surface area (Å²) in [6.45, 7) is 3.05. The first kappa shape index (κ1) is 23.0. The van der Waals surface area contributed by atoms with Gasteiger partial charge in [0.1, 0.15) is 24.4 Å². The van der Waals surface area contributed by atoms with Gasteiger partial charge < -0.3 is 41.5 Å². The fraction of sp³-hybridized carbons (Fsp3) is 0.833. The predicted molar refractivity (Wildman–Crippen MR) is 73.8 cm³/mol. The zero-order valence-electron chi connectivity index (χ0n) is 12.4. The highest BCUT2D eigenvalue weighted by Crippen LogP contribution is 2.05. The van der Waals surface area contributed by atoms with Crippen LogP contribution in [0.3, 0.4) is 0 Å². The van der Waals surface area contributed by atoms with Crippen LogP contribution in [0.4, 0.5) is 0 Å². The number of rotatable bonds is 8. The van der Waals surface area contributed by atoms with Crippen LogP contribution in [0.25, 0.3) is 0 Å². The van der Waals surface area contributed by atoms with E-state index in [1.165, 1.54) is 0 Å². The SMILES string of the molecule is CC(C)C[C@H](N)C(=O)O.O=C(O)[C@H](O)[C@@H](O)[C@H](O)[C@H](O)CO. The average molecular weight is 327 g/mol. The molecule has 10 heteroatoms. The quantitative estimate of drug-likeness (QED) is 0.226. The Morgan fingerprint density at radius 3 is 1.64 bits per heavy atom. The summed E-state index contributed by atoms with van der Waals surface area (Å²) in [7, 11) is 0. The van der Waals surface area contributed by atoms with Crippen LogP contribution in [0.5, 0.6) is 0 Å². The van der Waals surface area contributed by atoms with Crippen molar-refractivity contribution in [3.63, 3.8) is 0 Å². The minimum Gasteiger partial charge on any atom is -0.480 e. The van der Waals surface area contributed by atoms with Gasteiger partial charge >= 0.3 is 11.9 Å². The molecule has 0 amide bonds. The van der Waals surface area contributed by atoms with Crippen LogP contribution < -0.4 is 5.73 Å². The number of hydrogen-bond acceptors (Lipinski definition) is 8. The molecular formula is C12H25NO9. The van der Waals surface area contributed by atoms with E-state index >= 15 is 0 Å². The lowest BCUT2D eigenvalue weighted by atomic mass is 10.0. The third-order valence-electron chi connectivity index (χ3n) is 2.55. The Labute approximate surface area is 127 Å². The van der Waals surface area contributed by atoms with Crippen molar-refractivity contribution in [3.8, 4) is 0 Å². The number of carboxylic acid groups (broad SMARTS) is 2. The minimum atomic E-state index is -2.20. The molecule has 0 saturated carbocycles. The summed E-state index contributed by atoms with van der Waals surface area (Å²) in [5.74, 6) is -2.28. The molecule has 0 rings (SSSR count). The van der Waals surface area contributed by atoms with Crippen molar-refractivity contribution in [1.82, 2.24) is 0 Å². The smallest absolute Gasteiger partial charge is 0.335 e. The zero-order valence-corrected chi connectivity index (χ0v) is 12.4. The second-order valence-electron chi connectivity index (χ2n) is 5.09. The maximum Gasteiger partial charge on any atom is 0.335 e. The second kappa shape index (κ2) is 11.3. The predicted octanol–water partition coefficient (Wildman–Crippen LogP) is -3.05. The van der Waals surface area contributed by atoms with Crippen LogP contribution >= 0.6 is 0 Å². The third kappa shape index (κ3) is 9.60. The molecule has 0 aromatic carbocycles. The van der Waals surface area contributed by atoms with Crippen molar-refractivity contribution in [2.45, 2.75) is 50.7 Å². The third-order valence-corrected chi connectivity index (χ3v) is 2.55. The molecule has 0 saturated heterocycles. The van der Waals surface area contributed by atoms with Gasteiger partial charge in [-0.25, -0.2) is 4.79 Å². The van der Waals surface area contributed by atoms with Crippen molar-refractivity contribution >= 4 is 11.9 Å². The van der Waals surface area contributed by atoms with E-state index < -0.39 is 49.0 Å². The summed E-state index contributed by atoms with van der Waals surface area (Å²) in [5.41, 5.74) is 5.22. The lowest BCUT2D eigenvalue weighted by Crippen LogP contribution is -2.48. The first-order valence-corrected chi connectivity index (χ1v) is 6.49. The Bertz CT molecular complexity index is 337. The number of aliphatic carboxylic acids is 2. The number of aliphatic hydroxyl groups is 5. The number of carbonyl (C=O) groups is 2. The first-order chi connectivity index (χ1) is 9.95. The molecule has 10 nitrogen and oxygen atoms in total. The van der Waals surface area contributed by atoms with E-state index in [1.54, 1.807) is 0 Å². The molecule has 132 valence electrons. The maximum atomic E-state index is 10.1. The van der Waals surface area contributed by atoms with E-state index in [4.69, 9.17) is 41.5 Å². The monoisotopic (exact) mass is 327 g/mol. The molecule has 0 spiro atoms. The minimum absolute atomic E-state index is 0.357. The zero-order chi connectivity index (χ0) is 18.0. The molecule has 0 aliphatic carbocycles. The van der Waals surface area contributed by atoms with Crippen molar-refractivity contribution in [3.05, 3.63) is 0 Å². The van der Waals surface area contributed by atoms with Gasteiger partial charge in [0.25, 0.3) is 0 Å². The van der Waals surface area contributed by atoms with Gasteiger partial charge in [-0.05, 0) is 12.3 Å². The van der Waals surface area contributed by atoms with E-state index in [0.717, 1.165) is 0 Å². The summed E-state index contributed by atoms with van der Waals surface area (Å²) < 4.78 is 0. The van der Waals surface area contributed by atoms with Gasteiger partial charge in [-0.15, -0.1) is 0 Å². The molecule has 0 heterocycles. The molecule has 5 atom stereocenters. The fourth-order valence-electron chi connectivity index (χ4n) is 1.28. The van der Waals surface area contributed by atoms with Gasteiger partial charge in [0, 0.05) is 0 Å². The molecule has 0 aliphatic heterocycles. The van der Waals surface area contributed by atoms with Crippen molar-refractivity contribution in [1.29, 1.82) is 0 Å². The summed E-state index contributed by atoms with van der Waals surface area (Å²) in [5, 5.41) is 60.1. The van der Waals surface area contributed by atoms with E-state index in [1.807, 2.05) is 13.8 Å². The molecule has 0 unspecified atom stereocenters. The largest absolute Gasteiger partial charge is 0.480 e. The van der Waals surface area contributed by atoms with E-state index in [-0.39, 0.29) is 0 Å². The highest BCUT2D eigenvalue weighted by molar-refractivity contribution is 5.73. The summed E-state index contributed by atoms with van der Waals surface area (Å²) >= 11 is 0. The molecule has 9 N–H and O–H groups in total. The Morgan fingerprint density at radius 2 is 1.41 bits per heavy atom. The number of hydrogen-bond donors (Lipinski definition) is 8. The highest BCUT2D eigenvalue weighted by atomic mass is 16.4. The Morgan fingerprint density at radius 1 is 0.955 bits per heavy atom. The molecule has 0 aromatic heterocycles. The molecule has 22 heavy (non-hydrogen) atoms. The average Bonchev–Trinajstić information content (AvgIpc) is 2.43. The lowest BCUT2D eigenvalue weighted by molar-refractivity contribution is -0.164. The Balaban J connectivity index is 0. The van der Waals surface area contributed by atoms with E-state index in [2.05, 4.69) is 0 Å². The molecule has 0 aliphatic rings. The van der Waals surface area contributed by atoms with Gasteiger partial charge in [-0.1, -0.05) is 13.8 Å². The van der Waals surface area contributed by atoms with Crippen molar-refractivity contribution in [2.24, 2.45) is 11.7 Å². The van der Waals surface area contributed by atoms with Gasteiger partial charge in [-0.3, -0.25) is 4.79 Å². The summed E-state index contributed by atoms with van der Waals surface area (Å²) in [4.78, 5) is 20.2. The van der Waals surface area contributed by atoms with Crippen molar-refractivity contribution < 1.29 is 45.3 Å². The van der Waals surface area contributed by atoms with Gasteiger partial charge in [0.05, 0.1) is 6.61 Å².